The van der Waals surface area contributed by atoms with Gasteiger partial charge in [0.1, 0.15) is 6.23 Å². The standard InChI is InChI=1S/C7H8N2O/c10-7-3-5-1-2-8-4-6(5)9-7/h1-2,4,7,9-10H,3H2. The number of nitrogens with zero attached hydrogens (tertiary/aromatic N) is 1. The fourth-order valence-corrected chi connectivity index (χ4v) is 1.17. The van der Waals surface area contributed by atoms with E-state index in [4.69, 9.17) is 5.11 Å². The van der Waals surface area contributed by atoms with Crippen molar-refractivity contribution >= 4 is 5.69 Å². The van der Waals surface area contributed by atoms with E-state index in [2.05, 4.69) is 10.3 Å². The smallest absolute Gasteiger partial charge is 0.128 e. The summed E-state index contributed by atoms with van der Waals surface area (Å²) in [6.45, 7) is 0. The molecule has 1 aromatic heterocycles. The van der Waals surface area contributed by atoms with Gasteiger partial charge in [0.25, 0.3) is 0 Å². The molecule has 3 nitrogen and oxygen atoms in total. The Morgan fingerprint density at radius 1 is 1.70 bits per heavy atom. The van der Waals surface area contributed by atoms with Gasteiger partial charge < -0.3 is 10.4 Å². The molecule has 0 spiro atoms. The number of aromatic nitrogens is 1. The Balaban J connectivity index is 2.42. The lowest BCUT2D eigenvalue weighted by Crippen LogP contribution is -2.12. The summed E-state index contributed by atoms with van der Waals surface area (Å²) in [6, 6.07) is 1.92. The van der Waals surface area contributed by atoms with Crippen molar-refractivity contribution in [2.75, 3.05) is 5.32 Å². The molecule has 0 aliphatic carbocycles. The second-order valence-corrected chi connectivity index (χ2v) is 2.40. The predicted molar refractivity (Wildman–Crippen MR) is 37.6 cm³/mol. The number of rotatable bonds is 0. The Morgan fingerprint density at radius 3 is 3.40 bits per heavy atom. The lowest BCUT2D eigenvalue weighted by Gasteiger charge is -1.99. The van der Waals surface area contributed by atoms with Gasteiger partial charge in [-0.15, -0.1) is 0 Å². The molecule has 0 amide bonds. The molecule has 1 aliphatic heterocycles. The van der Waals surface area contributed by atoms with E-state index < -0.39 is 6.23 Å². The molecule has 0 bridgehead atoms. The maximum atomic E-state index is 9.11. The molecule has 0 aromatic carbocycles. The highest BCUT2D eigenvalue weighted by Crippen LogP contribution is 2.22. The van der Waals surface area contributed by atoms with Gasteiger partial charge in [-0.2, -0.15) is 0 Å². The minimum atomic E-state index is -0.417. The van der Waals surface area contributed by atoms with E-state index in [0.717, 1.165) is 11.3 Å². The van der Waals surface area contributed by atoms with Gasteiger partial charge in [0.05, 0.1) is 11.9 Å². The van der Waals surface area contributed by atoms with Gasteiger partial charge in [-0.3, -0.25) is 4.98 Å². The van der Waals surface area contributed by atoms with Crippen molar-refractivity contribution in [2.24, 2.45) is 0 Å². The molecule has 0 fully saturated rings. The second kappa shape index (κ2) is 1.95. The van der Waals surface area contributed by atoms with Crippen LogP contribution in [0.3, 0.4) is 0 Å². The van der Waals surface area contributed by atoms with E-state index in [1.54, 1.807) is 12.4 Å². The lowest BCUT2D eigenvalue weighted by atomic mass is 10.2. The summed E-state index contributed by atoms with van der Waals surface area (Å²) in [5.74, 6) is 0. The topological polar surface area (TPSA) is 45.2 Å². The van der Waals surface area contributed by atoms with Crippen molar-refractivity contribution in [2.45, 2.75) is 12.6 Å². The van der Waals surface area contributed by atoms with E-state index in [1.165, 1.54) is 0 Å². The summed E-state index contributed by atoms with van der Waals surface area (Å²) in [4.78, 5) is 3.92. The molecule has 2 N–H and O–H groups in total. The van der Waals surface area contributed by atoms with Crippen LogP contribution in [0, 0.1) is 0 Å². The van der Waals surface area contributed by atoms with Crippen molar-refractivity contribution in [3.05, 3.63) is 24.0 Å². The average Bonchev–Trinajstić information content (AvgIpc) is 2.27. The van der Waals surface area contributed by atoms with E-state index in [9.17, 15) is 0 Å². The van der Waals surface area contributed by atoms with E-state index in [-0.39, 0.29) is 0 Å². The largest absolute Gasteiger partial charge is 0.373 e. The van der Waals surface area contributed by atoms with Gasteiger partial charge in [0.15, 0.2) is 0 Å². The number of nitrogens with one attached hydrogen (secondary N) is 1. The molecule has 0 radical (unpaired) electrons. The van der Waals surface area contributed by atoms with Crippen LogP contribution in [-0.2, 0) is 6.42 Å². The number of pyridine rings is 1. The van der Waals surface area contributed by atoms with Gasteiger partial charge in [-0.05, 0) is 11.6 Å². The van der Waals surface area contributed by atoms with E-state index in [1.807, 2.05) is 6.07 Å². The SMILES string of the molecule is OC1Cc2ccncc2N1. The molecule has 10 heavy (non-hydrogen) atoms. The zero-order valence-corrected chi connectivity index (χ0v) is 5.41. The molecule has 1 atom stereocenters. The van der Waals surface area contributed by atoms with Crippen LogP contribution in [0.4, 0.5) is 5.69 Å². The number of anilines is 1. The van der Waals surface area contributed by atoms with Crippen LogP contribution in [0.15, 0.2) is 18.5 Å². The highest BCUT2D eigenvalue weighted by Gasteiger charge is 2.16. The minimum absolute atomic E-state index is 0.417. The van der Waals surface area contributed by atoms with Crippen molar-refractivity contribution in [1.82, 2.24) is 4.98 Å². The summed E-state index contributed by atoms with van der Waals surface area (Å²) in [5.41, 5.74) is 2.09. The Labute approximate surface area is 58.7 Å². The number of hydrogen-bond acceptors (Lipinski definition) is 3. The molecular weight excluding hydrogens is 128 g/mol. The van der Waals surface area contributed by atoms with Gasteiger partial charge >= 0.3 is 0 Å². The molecule has 52 valence electrons. The zero-order chi connectivity index (χ0) is 6.97. The van der Waals surface area contributed by atoms with Gasteiger partial charge in [-0.1, -0.05) is 0 Å². The average molecular weight is 136 g/mol. The molecule has 0 saturated heterocycles. The molecule has 2 rings (SSSR count). The van der Waals surface area contributed by atoms with Crippen LogP contribution in [0.5, 0.6) is 0 Å². The summed E-state index contributed by atoms with van der Waals surface area (Å²) in [6.07, 6.45) is 3.74. The van der Waals surface area contributed by atoms with Crippen LogP contribution >= 0.6 is 0 Å². The lowest BCUT2D eigenvalue weighted by molar-refractivity contribution is 0.212. The van der Waals surface area contributed by atoms with Crippen LogP contribution in [-0.4, -0.2) is 16.3 Å². The van der Waals surface area contributed by atoms with Gasteiger partial charge in [0, 0.05) is 12.6 Å². The number of fused-ring (bicyclic) bond motifs is 1. The third-order valence-corrected chi connectivity index (χ3v) is 1.65. The Morgan fingerprint density at radius 2 is 2.60 bits per heavy atom. The first-order valence-electron chi connectivity index (χ1n) is 3.24. The fraction of sp³-hybridized carbons (Fsp3) is 0.286. The quantitative estimate of drug-likeness (QED) is 0.541. The Bertz CT molecular complexity index is 224. The fourth-order valence-electron chi connectivity index (χ4n) is 1.17. The molecule has 2 heterocycles. The van der Waals surface area contributed by atoms with Crippen molar-refractivity contribution in [1.29, 1.82) is 0 Å². The number of aliphatic hydroxyl groups is 1. The minimum Gasteiger partial charge on any atom is -0.373 e. The molecule has 1 aliphatic rings. The summed E-state index contributed by atoms with van der Waals surface area (Å²) >= 11 is 0. The first-order valence-corrected chi connectivity index (χ1v) is 3.24. The van der Waals surface area contributed by atoms with Crippen molar-refractivity contribution in [3.63, 3.8) is 0 Å². The molecule has 3 heteroatoms. The monoisotopic (exact) mass is 136 g/mol. The molecule has 1 aromatic rings. The predicted octanol–water partition coefficient (Wildman–Crippen LogP) is 0.368. The summed E-state index contributed by atoms with van der Waals surface area (Å²) < 4.78 is 0. The van der Waals surface area contributed by atoms with Crippen molar-refractivity contribution in [3.8, 4) is 0 Å². The highest BCUT2D eigenvalue weighted by molar-refractivity contribution is 5.53. The van der Waals surface area contributed by atoms with Gasteiger partial charge in [-0.25, -0.2) is 0 Å². The van der Waals surface area contributed by atoms with Gasteiger partial charge in [0.2, 0.25) is 0 Å². The first kappa shape index (κ1) is 5.68. The maximum Gasteiger partial charge on any atom is 0.128 e. The van der Waals surface area contributed by atoms with Crippen molar-refractivity contribution < 1.29 is 5.11 Å². The molecular formula is C7H8N2O. The Hall–Kier alpha value is -1.09. The third-order valence-electron chi connectivity index (χ3n) is 1.65. The van der Waals surface area contributed by atoms with Crippen LogP contribution in [0.1, 0.15) is 5.56 Å². The number of aliphatic hydroxyl groups excluding tert-OH is 1. The van der Waals surface area contributed by atoms with Crippen LogP contribution < -0.4 is 5.32 Å². The highest BCUT2D eigenvalue weighted by atomic mass is 16.3. The molecule has 0 saturated carbocycles. The first-order chi connectivity index (χ1) is 4.86. The summed E-state index contributed by atoms with van der Waals surface area (Å²) in [7, 11) is 0. The second-order valence-electron chi connectivity index (χ2n) is 2.40. The zero-order valence-electron chi connectivity index (χ0n) is 5.41. The normalized spacial score (nSPS) is 21.9. The van der Waals surface area contributed by atoms with E-state index >= 15 is 0 Å². The van der Waals surface area contributed by atoms with Crippen LogP contribution in [0.25, 0.3) is 0 Å². The Kier molecular flexibility index (Phi) is 1.11. The van der Waals surface area contributed by atoms with E-state index in [0.29, 0.717) is 6.42 Å². The number of hydrogen-bond donors (Lipinski definition) is 2. The summed E-state index contributed by atoms with van der Waals surface area (Å²) in [5, 5.41) is 12.0. The maximum absolute atomic E-state index is 9.11. The third kappa shape index (κ3) is 0.752. The molecule has 1 unspecified atom stereocenters. The van der Waals surface area contributed by atoms with Crippen LogP contribution in [0.2, 0.25) is 0 Å².